The lowest BCUT2D eigenvalue weighted by molar-refractivity contribution is -0.137. The Kier molecular flexibility index (Phi) is 4.63. The van der Waals surface area contributed by atoms with E-state index in [0.29, 0.717) is 15.8 Å². The molecule has 0 spiro atoms. The highest BCUT2D eigenvalue weighted by Gasteiger charge is 2.31. The Morgan fingerprint density at radius 1 is 1.12 bits per heavy atom. The molecule has 0 bridgehead atoms. The van der Waals surface area contributed by atoms with E-state index in [1.54, 1.807) is 37.7 Å². The molecule has 2 aromatic rings. The number of halogens is 3. The molecule has 0 atom stereocenters. The minimum absolute atomic E-state index is 0.215. The molecule has 1 aliphatic rings. The number of alkyl halides is 3. The fourth-order valence-corrected chi connectivity index (χ4v) is 3.08. The summed E-state index contributed by atoms with van der Waals surface area (Å²) >= 11 is 1.17. The molecule has 0 saturated carbocycles. The number of aliphatic imine (C=N–C) groups is 1. The van der Waals surface area contributed by atoms with E-state index in [1.807, 2.05) is 0 Å². The van der Waals surface area contributed by atoms with E-state index in [1.165, 1.54) is 28.8 Å². The Labute approximate surface area is 146 Å². The van der Waals surface area contributed by atoms with Crippen molar-refractivity contribution < 1.29 is 18.0 Å². The van der Waals surface area contributed by atoms with Crippen molar-refractivity contribution in [3.8, 4) is 0 Å². The molecule has 0 N–H and O–H groups in total. The lowest BCUT2D eigenvalue weighted by atomic mass is 10.2. The number of thioether (sulfide) groups is 1. The van der Waals surface area contributed by atoms with E-state index in [4.69, 9.17) is 0 Å². The molecule has 4 nitrogen and oxygen atoms in total. The van der Waals surface area contributed by atoms with Crippen LogP contribution in [0.25, 0.3) is 6.08 Å². The third kappa shape index (κ3) is 3.90. The fraction of sp³-hybridized carbons (Fsp3) is 0.118. The minimum Gasteiger partial charge on any atom is -0.290 e. The van der Waals surface area contributed by atoms with Crippen molar-refractivity contribution in [2.75, 3.05) is 7.05 Å². The second-order valence-corrected chi connectivity index (χ2v) is 6.20. The van der Waals surface area contributed by atoms with E-state index >= 15 is 0 Å². The van der Waals surface area contributed by atoms with Gasteiger partial charge in [-0.2, -0.15) is 13.2 Å². The number of carbonyl (C=O) groups is 1. The highest BCUT2D eigenvalue weighted by atomic mass is 32.2. The second-order valence-electron chi connectivity index (χ2n) is 5.19. The number of amides is 1. The van der Waals surface area contributed by atoms with Crippen LogP contribution in [-0.4, -0.2) is 28.0 Å². The van der Waals surface area contributed by atoms with Gasteiger partial charge in [-0.25, -0.2) is 4.99 Å². The topological polar surface area (TPSA) is 45.6 Å². The Hall–Kier alpha value is -2.61. The second kappa shape index (κ2) is 6.72. The molecular formula is C17H12F3N3OS. The normalized spacial score (nSPS) is 18.4. The molecule has 0 unspecified atom stereocenters. The number of pyridine rings is 1. The first-order valence-electron chi connectivity index (χ1n) is 7.18. The molecule has 0 aliphatic carbocycles. The Morgan fingerprint density at radius 2 is 1.76 bits per heavy atom. The van der Waals surface area contributed by atoms with E-state index in [-0.39, 0.29) is 5.91 Å². The molecule has 128 valence electrons. The largest absolute Gasteiger partial charge is 0.416 e. The van der Waals surface area contributed by atoms with Crippen LogP contribution in [-0.2, 0) is 11.0 Å². The van der Waals surface area contributed by atoms with Gasteiger partial charge in [-0.1, -0.05) is 0 Å². The van der Waals surface area contributed by atoms with E-state index in [9.17, 15) is 18.0 Å². The maximum atomic E-state index is 12.6. The smallest absolute Gasteiger partial charge is 0.290 e. The molecule has 1 aromatic heterocycles. The number of nitrogens with zero attached hydrogens (tertiary/aromatic N) is 3. The molecule has 1 aromatic carbocycles. The van der Waals surface area contributed by atoms with Gasteiger partial charge in [0.05, 0.1) is 16.2 Å². The predicted molar refractivity (Wildman–Crippen MR) is 91.1 cm³/mol. The molecule has 1 fully saturated rings. The van der Waals surface area contributed by atoms with Crippen molar-refractivity contribution in [3.05, 3.63) is 64.8 Å². The van der Waals surface area contributed by atoms with Crippen molar-refractivity contribution >= 4 is 34.6 Å². The molecular weight excluding hydrogens is 351 g/mol. The molecule has 8 heteroatoms. The maximum absolute atomic E-state index is 12.6. The first kappa shape index (κ1) is 17.2. The van der Waals surface area contributed by atoms with Crippen LogP contribution >= 0.6 is 11.8 Å². The van der Waals surface area contributed by atoms with Crippen LogP contribution < -0.4 is 0 Å². The Balaban J connectivity index is 1.84. The van der Waals surface area contributed by atoms with Gasteiger partial charge in [0.2, 0.25) is 0 Å². The number of hydrogen-bond acceptors (Lipinski definition) is 4. The predicted octanol–water partition coefficient (Wildman–Crippen LogP) is 4.33. The fourth-order valence-electron chi connectivity index (χ4n) is 2.10. The van der Waals surface area contributed by atoms with Crippen molar-refractivity contribution in [3.63, 3.8) is 0 Å². The van der Waals surface area contributed by atoms with Crippen LogP contribution in [0.4, 0.5) is 18.9 Å². The quantitative estimate of drug-likeness (QED) is 0.746. The maximum Gasteiger partial charge on any atom is 0.416 e. The van der Waals surface area contributed by atoms with Gasteiger partial charge in [0.1, 0.15) is 0 Å². The first-order chi connectivity index (χ1) is 11.8. The van der Waals surface area contributed by atoms with E-state index in [0.717, 1.165) is 17.7 Å². The number of benzene rings is 1. The highest BCUT2D eigenvalue weighted by molar-refractivity contribution is 8.18. The standard InChI is InChI=1S/C17H12F3N3OS/c1-23-15(24)14(10-11-6-8-21-9-7-11)25-16(23)22-13-4-2-12(3-5-13)17(18,19)20/h2-10H,1H3/b14-10-,22-16?. The Bertz CT molecular complexity index is 846. The van der Waals surface area contributed by atoms with Crippen LogP contribution in [0, 0.1) is 0 Å². The summed E-state index contributed by atoms with van der Waals surface area (Å²) in [7, 11) is 1.58. The van der Waals surface area contributed by atoms with Crippen LogP contribution in [0.5, 0.6) is 0 Å². The Morgan fingerprint density at radius 3 is 2.36 bits per heavy atom. The highest BCUT2D eigenvalue weighted by Crippen LogP contribution is 2.34. The van der Waals surface area contributed by atoms with Crippen molar-refractivity contribution in [1.29, 1.82) is 0 Å². The molecule has 1 aliphatic heterocycles. The zero-order valence-corrected chi connectivity index (χ0v) is 13.8. The van der Waals surface area contributed by atoms with Gasteiger partial charge in [0, 0.05) is 19.4 Å². The van der Waals surface area contributed by atoms with E-state index < -0.39 is 11.7 Å². The number of hydrogen-bond donors (Lipinski definition) is 0. The first-order valence-corrected chi connectivity index (χ1v) is 8.00. The molecule has 2 heterocycles. The monoisotopic (exact) mass is 363 g/mol. The van der Waals surface area contributed by atoms with Crippen LogP contribution in [0.3, 0.4) is 0 Å². The van der Waals surface area contributed by atoms with Crippen LogP contribution in [0.1, 0.15) is 11.1 Å². The minimum atomic E-state index is -4.39. The lowest BCUT2D eigenvalue weighted by Crippen LogP contribution is -2.23. The molecule has 3 rings (SSSR count). The van der Waals surface area contributed by atoms with Gasteiger partial charge in [0.15, 0.2) is 5.17 Å². The summed E-state index contributed by atoms with van der Waals surface area (Å²) in [6.45, 7) is 0. The summed E-state index contributed by atoms with van der Waals surface area (Å²) in [6.07, 6.45) is 0.580. The molecule has 0 radical (unpaired) electrons. The summed E-state index contributed by atoms with van der Waals surface area (Å²) in [5.41, 5.74) is 0.438. The average molecular weight is 363 g/mol. The number of amidine groups is 1. The zero-order chi connectivity index (χ0) is 18.0. The third-order valence-electron chi connectivity index (χ3n) is 3.43. The summed E-state index contributed by atoms with van der Waals surface area (Å²) in [4.78, 5) is 22.3. The van der Waals surface area contributed by atoms with E-state index in [2.05, 4.69) is 9.98 Å². The molecule has 1 amide bonds. The number of carbonyl (C=O) groups excluding carboxylic acids is 1. The van der Waals surface area contributed by atoms with Gasteiger partial charge < -0.3 is 0 Å². The van der Waals surface area contributed by atoms with Gasteiger partial charge in [-0.15, -0.1) is 0 Å². The van der Waals surface area contributed by atoms with Gasteiger partial charge in [-0.05, 0) is 59.8 Å². The molecule has 1 saturated heterocycles. The zero-order valence-electron chi connectivity index (χ0n) is 13.0. The number of aromatic nitrogens is 1. The van der Waals surface area contributed by atoms with Crippen molar-refractivity contribution in [1.82, 2.24) is 9.88 Å². The summed E-state index contributed by atoms with van der Waals surface area (Å²) in [5, 5.41) is 0.407. The third-order valence-corrected chi connectivity index (χ3v) is 4.49. The van der Waals surface area contributed by atoms with Crippen molar-refractivity contribution in [2.24, 2.45) is 4.99 Å². The number of rotatable bonds is 2. The van der Waals surface area contributed by atoms with Gasteiger partial charge in [0.25, 0.3) is 5.91 Å². The van der Waals surface area contributed by atoms with Crippen LogP contribution in [0.2, 0.25) is 0 Å². The van der Waals surface area contributed by atoms with Gasteiger partial charge in [-0.3, -0.25) is 14.7 Å². The SMILES string of the molecule is CN1C(=O)/C(=C/c2ccncc2)SC1=Nc1ccc(C(F)(F)F)cc1. The van der Waals surface area contributed by atoms with Gasteiger partial charge >= 0.3 is 6.18 Å². The van der Waals surface area contributed by atoms with Crippen LogP contribution in [0.15, 0.2) is 58.7 Å². The summed E-state index contributed by atoms with van der Waals surface area (Å²) in [6, 6.07) is 8.03. The number of likely N-dealkylation sites (N-methyl/N-ethyl adjacent to an activating group) is 1. The molecule has 25 heavy (non-hydrogen) atoms. The summed E-state index contributed by atoms with van der Waals surface area (Å²) in [5.74, 6) is -0.215. The van der Waals surface area contributed by atoms with Crippen molar-refractivity contribution in [2.45, 2.75) is 6.18 Å². The summed E-state index contributed by atoms with van der Waals surface area (Å²) < 4.78 is 37.8. The average Bonchev–Trinajstić information content (AvgIpc) is 2.84. The lowest BCUT2D eigenvalue weighted by Gasteiger charge is -2.08.